The molecule has 0 fully saturated rings. The highest BCUT2D eigenvalue weighted by Gasteiger charge is 2.12. The summed E-state index contributed by atoms with van der Waals surface area (Å²) in [7, 11) is 0. The van der Waals surface area contributed by atoms with Crippen molar-refractivity contribution in [1.29, 1.82) is 0 Å². The van der Waals surface area contributed by atoms with E-state index >= 15 is 0 Å². The normalized spacial score (nSPS) is 15.6. The number of hydrogen-bond donors (Lipinski definition) is 1. The van der Waals surface area contributed by atoms with E-state index in [4.69, 9.17) is 0 Å². The third-order valence-corrected chi connectivity index (χ3v) is 4.63. The molecule has 100 valence electrons. The average Bonchev–Trinajstić information content (AvgIpc) is 2.94. The zero-order valence-corrected chi connectivity index (χ0v) is 11.7. The van der Waals surface area contributed by atoms with E-state index in [0.717, 1.165) is 12.8 Å². The summed E-state index contributed by atoms with van der Waals surface area (Å²) in [5.41, 5.74) is 5.24. The van der Waals surface area contributed by atoms with E-state index in [0.29, 0.717) is 0 Å². The Morgan fingerprint density at radius 3 is 2.67 bits per heavy atom. The van der Waals surface area contributed by atoms with Crippen LogP contribution in [0.15, 0.2) is 42.5 Å². The number of hydrogen-bond acceptors (Lipinski definition) is 0. The second kappa shape index (κ2) is 3.98. The van der Waals surface area contributed by atoms with Gasteiger partial charge in [-0.2, -0.15) is 0 Å². The molecule has 1 aromatic heterocycles. The van der Waals surface area contributed by atoms with Crippen molar-refractivity contribution in [2.24, 2.45) is 0 Å². The number of aromatic nitrogens is 1. The molecule has 0 radical (unpaired) electrons. The Bertz CT molecular complexity index is 1070. The maximum absolute atomic E-state index is 3.59. The highest BCUT2D eigenvalue weighted by atomic mass is 14.7. The van der Waals surface area contributed by atoms with Crippen molar-refractivity contribution >= 4 is 40.0 Å². The molecule has 2 aromatic carbocycles. The molecule has 0 atom stereocenters. The largest absolute Gasteiger partial charge is 0.354 e. The molecule has 0 spiro atoms. The van der Waals surface area contributed by atoms with E-state index in [9.17, 15) is 0 Å². The molecule has 0 bridgehead atoms. The first kappa shape index (κ1) is 11.2. The summed E-state index contributed by atoms with van der Waals surface area (Å²) in [6.45, 7) is 0. The van der Waals surface area contributed by atoms with Crippen molar-refractivity contribution in [3.8, 4) is 0 Å². The number of fused-ring (bicyclic) bond motifs is 7. The molecule has 1 heterocycles. The minimum atomic E-state index is 1.03. The lowest BCUT2D eigenvalue weighted by molar-refractivity contribution is 1.24. The zero-order valence-electron chi connectivity index (χ0n) is 11.7. The van der Waals surface area contributed by atoms with Gasteiger partial charge >= 0.3 is 0 Å². The second-order valence-electron chi connectivity index (χ2n) is 5.82. The molecule has 0 unspecified atom stereocenters. The fourth-order valence-corrected chi connectivity index (χ4v) is 3.66. The molecular formula is C20H15N. The predicted molar refractivity (Wildman–Crippen MR) is 90.5 cm³/mol. The first-order valence-electron chi connectivity index (χ1n) is 7.52. The number of rotatable bonds is 0. The van der Waals surface area contributed by atoms with Crippen LogP contribution in [0.5, 0.6) is 0 Å². The quantitative estimate of drug-likeness (QED) is 0.643. The molecule has 3 aromatic rings. The average molecular weight is 269 g/mol. The highest BCUT2D eigenvalue weighted by Crippen LogP contribution is 2.23. The van der Waals surface area contributed by atoms with E-state index in [1.165, 1.54) is 43.4 Å². The predicted octanol–water partition coefficient (Wildman–Crippen LogP) is 3.41. The number of allylic oxidation sites excluding steroid dienone is 3. The zero-order chi connectivity index (χ0) is 13.8. The summed E-state index contributed by atoms with van der Waals surface area (Å²) in [6, 6.07) is 8.91. The lowest BCUT2D eigenvalue weighted by atomic mass is 9.96. The van der Waals surface area contributed by atoms with Crippen LogP contribution in [0.2, 0.25) is 0 Å². The van der Waals surface area contributed by atoms with Crippen molar-refractivity contribution in [3.05, 3.63) is 64.1 Å². The van der Waals surface area contributed by atoms with Gasteiger partial charge in [-0.25, -0.2) is 0 Å². The SMILES string of the molecule is C1=CCc2ccc3[nH]c4ccc5c(c4c3c2=C1)=CCC=C5. The Balaban J connectivity index is 2.12. The molecule has 0 saturated heterocycles. The molecule has 21 heavy (non-hydrogen) atoms. The van der Waals surface area contributed by atoms with Crippen molar-refractivity contribution < 1.29 is 0 Å². The maximum atomic E-state index is 3.59. The Kier molecular flexibility index (Phi) is 2.12. The van der Waals surface area contributed by atoms with Crippen LogP contribution in [0.4, 0.5) is 0 Å². The fourth-order valence-electron chi connectivity index (χ4n) is 3.66. The fraction of sp³-hybridized carbons (Fsp3) is 0.100. The lowest BCUT2D eigenvalue weighted by Crippen LogP contribution is -2.15. The molecule has 0 saturated carbocycles. The standard InChI is InChI=1S/C20H15N/c1-3-7-15-13(5-1)9-11-17-19(15)20-16-8-4-2-6-14(16)10-12-18(20)21-17/h1-3,6-12,21H,4-5H2. The Morgan fingerprint density at radius 1 is 0.857 bits per heavy atom. The summed E-state index contributed by atoms with van der Waals surface area (Å²) >= 11 is 0. The second-order valence-corrected chi connectivity index (χ2v) is 5.82. The van der Waals surface area contributed by atoms with Crippen LogP contribution in [-0.4, -0.2) is 4.98 Å². The molecule has 1 nitrogen and oxygen atoms in total. The minimum Gasteiger partial charge on any atom is -0.354 e. The summed E-state index contributed by atoms with van der Waals surface area (Å²) in [6.07, 6.45) is 15.5. The van der Waals surface area contributed by atoms with E-state index in [-0.39, 0.29) is 0 Å². The van der Waals surface area contributed by atoms with E-state index in [2.05, 4.69) is 65.7 Å². The van der Waals surface area contributed by atoms with Gasteiger partial charge in [0.25, 0.3) is 0 Å². The number of benzene rings is 2. The molecule has 0 aliphatic heterocycles. The van der Waals surface area contributed by atoms with Crippen LogP contribution in [0.25, 0.3) is 40.0 Å². The van der Waals surface area contributed by atoms with Crippen LogP contribution in [0, 0.1) is 0 Å². The van der Waals surface area contributed by atoms with Gasteiger partial charge in [0, 0.05) is 21.8 Å². The van der Waals surface area contributed by atoms with Gasteiger partial charge in [0.1, 0.15) is 0 Å². The maximum Gasteiger partial charge on any atom is 0.0471 e. The molecular weight excluding hydrogens is 254 g/mol. The first-order chi connectivity index (χ1) is 10.4. The molecule has 1 N–H and O–H groups in total. The van der Waals surface area contributed by atoms with Gasteiger partial charge in [-0.3, -0.25) is 0 Å². The third kappa shape index (κ3) is 1.46. The molecule has 1 heteroatoms. The Morgan fingerprint density at radius 2 is 1.71 bits per heavy atom. The highest BCUT2D eigenvalue weighted by molar-refractivity contribution is 6.09. The number of nitrogens with one attached hydrogen (secondary N) is 1. The van der Waals surface area contributed by atoms with Gasteiger partial charge in [0.15, 0.2) is 0 Å². The molecule has 2 aliphatic rings. The first-order valence-corrected chi connectivity index (χ1v) is 7.52. The summed E-state index contributed by atoms with van der Waals surface area (Å²) in [5.74, 6) is 0. The minimum absolute atomic E-state index is 1.03. The number of aromatic amines is 1. The molecule has 0 amide bonds. The van der Waals surface area contributed by atoms with Gasteiger partial charge in [-0.1, -0.05) is 48.6 Å². The topological polar surface area (TPSA) is 15.8 Å². The van der Waals surface area contributed by atoms with Crippen LogP contribution in [0.3, 0.4) is 0 Å². The third-order valence-electron chi connectivity index (χ3n) is 4.63. The van der Waals surface area contributed by atoms with Crippen molar-refractivity contribution in [2.75, 3.05) is 0 Å². The van der Waals surface area contributed by atoms with Crippen LogP contribution < -0.4 is 10.4 Å². The number of H-pyrrole nitrogens is 1. The lowest BCUT2D eigenvalue weighted by Gasteiger charge is -2.07. The van der Waals surface area contributed by atoms with Crippen molar-refractivity contribution in [1.82, 2.24) is 4.98 Å². The van der Waals surface area contributed by atoms with Crippen LogP contribution in [0.1, 0.15) is 17.5 Å². The van der Waals surface area contributed by atoms with Gasteiger partial charge in [0.05, 0.1) is 0 Å². The van der Waals surface area contributed by atoms with Gasteiger partial charge in [-0.15, -0.1) is 0 Å². The van der Waals surface area contributed by atoms with Crippen molar-refractivity contribution in [3.63, 3.8) is 0 Å². The molecule has 2 aliphatic carbocycles. The van der Waals surface area contributed by atoms with Crippen LogP contribution >= 0.6 is 0 Å². The van der Waals surface area contributed by atoms with Gasteiger partial charge < -0.3 is 4.98 Å². The Hall–Kier alpha value is -2.54. The Labute approximate surface area is 122 Å². The van der Waals surface area contributed by atoms with E-state index in [1.807, 2.05) is 0 Å². The van der Waals surface area contributed by atoms with E-state index in [1.54, 1.807) is 0 Å². The smallest absolute Gasteiger partial charge is 0.0471 e. The van der Waals surface area contributed by atoms with Gasteiger partial charge in [-0.05, 0) is 46.5 Å². The van der Waals surface area contributed by atoms with E-state index < -0.39 is 0 Å². The van der Waals surface area contributed by atoms with Gasteiger partial charge in [0.2, 0.25) is 0 Å². The molecule has 5 rings (SSSR count). The summed E-state index contributed by atoms with van der Waals surface area (Å²) < 4.78 is 0. The van der Waals surface area contributed by atoms with Crippen LogP contribution in [-0.2, 0) is 6.42 Å². The monoisotopic (exact) mass is 269 g/mol. The summed E-state index contributed by atoms with van der Waals surface area (Å²) in [4.78, 5) is 3.59. The van der Waals surface area contributed by atoms with Crippen molar-refractivity contribution in [2.45, 2.75) is 12.8 Å². The summed E-state index contributed by atoms with van der Waals surface area (Å²) in [5, 5.41) is 5.54.